The molecule has 0 aromatic carbocycles. The summed E-state index contributed by atoms with van der Waals surface area (Å²) in [5.41, 5.74) is 1.70. The first kappa shape index (κ1) is 20.6. The van der Waals surface area contributed by atoms with Gasteiger partial charge in [-0.15, -0.1) is 0 Å². The van der Waals surface area contributed by atoms with E-state index in [-0.39, 0.29) is 24.0 Å². The normalized spacial score (nSPS) is 23.8. The SMILES string of the molecule is CCc1nc(C)ccc1OCC(=O)N1CCN(C)[C@@]2(CCC(=O)N(C)CC2)C1. The Hall–Kier alpha value is -2.15. The van der Waals surface area contributed by atoms with Crippen LogP contribution in [0.1, 0.15) is 37.6 Å². The van der Waals surface area contributed by atoms with Crippen LogP contribution in [0.25, 0.3) is 0 Å². The highest BCUT2D eigenvalue weighted by Gasteiger charge is 2.42. The molecule has 0 unspecified atom stereocenters. The lowest BCUT2D eigenvalue weighted by Crippen LogP contribution is -2.62. The maximum atomic E-state index is 12.9. The van der Waals surface area contributed by atoms with Crippen molar-refractivity contribution in [2.24, 2.45) is 0 Å². The van der Waals surface area contributed by atoms with Gasteiger partial charge in [-0.05, 0) is 45.4 Å². The van der Waals surface area contributed by atoms with E-state index >= 15 is 0 Å². The maximum Gasteiger partial charge on any atom is 0.260 e. The highest BCUT2D eigenvalue weighted by atomic mass is 16.5. The zero-order valence-electron chi connectivity index (χ0n) is 17.5. The summed E-state index contributed by atoms with van der Waals surface area (Å²) in [6.07, 6.45) is 2.98. The molecule has 1 aromatic heterocycles. The van der Waals surface area contributed by atoms with Gasteiger partial charge in [0.25, 0.3) is 5.91 Å². The third-order valence-electron chi connectivity index (χ3n) is 6.25. The lowest BCUT2D eigenvalue weighted by Gasteiger charge is -2.49. The molecule has 2 aliphatic rings. The first-order chi connectivity index (χ1) is 13.3. The molecule has 0 bridgehead atoms. The monoisotopic (exact) mass is 388 g/mol. The van der Waals surface area contributed by atoms with E-state index in [4.69, 9.17) is 4.74 Å². The van der Waals surface area contributed by atoms with Gasteiger partial charge in [0.1, 0.15) is 5.75 Å². The zero-order valence-corrected chi connectivity index (χ0v) is 17.5. The second-order valence-electron chi connectivity index (χ2n) is 8.07. The van der Waals surface area contributed by atoms with Crippen LogP contribution in [-0.4, -0.2) is 83.9 Å². The molecule has 0 N–H and O–H groups in total. The Bertz CT molecular complexity index is 738. The van der Waals surface area contributed by atoms with E-state index in [0.717, 1.165) is 43.7 Å². The molecule has 3 rings (SSSR count). The molecular weight excluding hydrogens is 356 g/mol. The van der Waals surface area contributed by atoms with Crippen molar-refractivity contribution in [2.45, 2.75) is 45.1 Å². The van der Waals surface area contributed by atoms with Crippen LogP contribution in [0.3, 0.4) is 0 Å². The van der Waals surface area contributed by atoms with Gasteiger partial charge in [0.2, 0.25) is 5.91 Å². The molecular formula is C21H32N4O3. The Morgan fingerprint density at radius 3 is 2.75 bits per heavy atom. The summed E-state index contributed by atoms with van der Waals surface area (Å²) < 4.78 is 5.83. The lowest BCUT2D eigenvalue weighted by atomic mass is 9.86. The van der Waals surface area contributed by atoms with Gasteiger partial charge >= 0.3 is 0 Å². The predicted molar refractivity (Wildman–Crippen MR) is 107 cm³/mol. The van der Waals surface area contributed by atoms with Crippen LogP contribution in [0.2, 0.25) is 0 Å². The highest BCUT2D eigenvalue weighted by molar-refractivity contribution is 5.78. The minimum atomic E-state index is -0.131. The molecule has 1 aromatic rings. The molecule has 154 valence electrons. The van der Waals surface area contributed by atoms with Crippen molar-refractivity contribution < 1.29 is 14.3 Å². The van der Waals surface area contributed by atoms with Crippen LogP contribution in [-0.2, 0) is 16.0 Å². The van der Waals surface area contributed by atoms with E-state index in [1.807, 2.05) is 42.8 Å². The number of hydrogen-bond acceptors (Lipinski definition) is 5. The average Bonchev–Trinajstić information content (AvgIpc) is 2.83. The maximum absolute atomic E-state index is 12.9. The van der Waals surface area contributed by atoms with Crippen molar-refractivity contribution in [2.75, 3.05) is 46.9 Å². The van der Waals surface area contributed by atoms with Gasteiger partial charge in [-0.1, -0.05) is 6.92 Å². The summed E-state index contributed by atoms with van der Waals surface area (Å²) in [5, 5.41) is 0. The fourth-order valence-electron chi connectivity index (χ4n) is 4.18. The molecule has 3 heterocycles. The second kappa shape index (κ2) is 8.47. The van der Waals surface area contributed by atoms with E-state index < -0.39 is 0 Å². The predicted octanol–water partition coefficient (Wildman–Crippen LogP) is 1.49. The number of aromatic nitrogens is 1. The van der Waals surface area contributed by atoms with Crippen LogP contribution in [0.15, 0.2) is 12.1 Å². The number of hydrogen-bond donors (Lipinski definition) is 0. The van der Waals surface area contributed by atoms with Crippen LogP contribution in [0.5, 0.6) is 5.75 Å². The van der Waals surface area contributed by atoms with E-state index in [1.165, 1.54) is 0 Å². The topological polar surface area (TPSA) is 66.0 Å². The minimum absolute atomic E-state index is 0.000897. The van der Waals surface area contributed by atoms with Crippen molar-refractivity contribution >= 4 is 11.8 Å². The van der Waals surface area contributed by atoms with Crippen LogP contribution >= 0.6 is 0 Å². The number of pyridine rings is 1. The number of piperazine rings is 1. The van der Waals surface area contributed by atoms with Crippen LogP contribution < -0.4 is 4.74 Å². The van der Waals surface area contributed by atoms with Gasteiger partial charge in [-0.3, -0.25) is 19.5 Å². The molecule has 1 atom stereocenters. The minimum Gasteiger partial charge on any atom is -0.482 e. The number of likely N-dealkylation sites (N-methyl/N-ethyl adjacent to an activating group) is 1. The molecule has 28 heavy (non-hydrogen) atoms. The summed E-state index contributed by atoms with van der Waals surface area (Å²) in [7, 11) is 3.97. The van der Waals surface area contributed by atoms with Gasteiger partial charge in [-0.25, -0.2) is 0 Å². The molecule has 1 spiro atoms. The summed E-state index contributed by atoms with van der Waals surface area (Å²) in [6, 6.07) is 3.80. The number of likely N-dealkylation sites (tertiary alicyclic amines) is 1. The number of carbonyl (C=O) groups is 2. The third kappa shape index (κ3) is 4.29. The van der Waals surface area contributed by atoms with E-state index in [0.29, 0.717) is 25.3 Å². The third-order valence-corrected chi connectivity index (χ3v) is 6.25. The largest absolute Gasteiger partial charge is 0.482 e. The molecule has 0 aliphatic carbocycles. The summed E-state index contributed by atoms with van der Waals surface area (Å²) >= 11 is 0. The molecule has 0 radical (unpaired) electrons. The summed E-state index contributed by atoms with van der Waals surface area (Å²) in [4.78, 5) is 35.5. The van der Waals surface area contributed by atoms with Gasteiger partial charge < -0.3 is 14.5 Å². The van der Waals surface area contributed by atoms with Crippen molar-refractivity contribution in [1.29, 1.82) is 0 Å². The van der Waals surface area contributed by atoms with E-state index in [2.05, 4.69) is 16.9 Å². The Morgan fingerprint density at radius 1 is 1.21 bits per heavy atom. The number of rotatable bonds is 4. The van der Waals surface area contributed by atoms with Crippen LogP contribution in [0.4, 0.5) is 0 Å². The van der Waals surface area contributed by atoms with Crippen molar-refractivity contribution in [1.82, 2.24) is 19.7 Å². The number of aryl methyl sites for hydroxylation is 2. The molecule has 2 aliphatic heterocycles. The van der Waals surface area contributed by atoms with E-state index in [1.54, 1.807) is 0 Å². The Labute approximate surface area is 167 Å². The van der Waals surface area contributed by atoms with Crippen LogP contribution in [0, 0.1) is 6.92 Å². The smallest absolute Gasteiger partial charge is 0.260 e. The van der Waals surface area contributed by atoms with Gasteiger partial charge in [-0.2, -0.15) is 0 Å². The summed E-state index contributed by atoms with van der Waals surface area (Å²) in [5.74, 6) is 0.877. The quantitative estimate of drug-likeness (QED) is 0.782. The second-order valence-corrected chi connectivity index (χ2v) is 8.07. The van der Waals surface area contributed by atoms with E-state index in [9.17, 15) is 9.59 Å². The molecule has 2 fully saturated rings. The Kier molecular flexibility index (Phi) is 6.23. The Morgan fingerprint density at radius 2 is 2.00 bits per heavy atom. The fourth-order valence-corrected chi connectivity index (χ4v) is 4.18. The number of ether oxygens (including phenoxy) is 1. The van der Waals surface area contributed by atoms with Gasteiger partial charge in [0, 0.05) is 50.9 Å². The molecule has 7 heteroatoms. The molecule has 2 amide bonds. The molecule has 7 nitrogen and oxygen atoms in total. The zero-order chi connectivity index (χ0) is 20.3. The van der Waals surface area contributed by atoms with Gasteiger partial charge in [0.05, 0.1) is 5.69 Å². The molecule has 0 saturated carbocycles. The van der Waals surface area contributed by atoms with Crippen molar-refractivity contribution in [3.05, 3.63) is 23.5 Å². The standard InChI is InChI=1S/C21H32N4O3/c1-5-17-18(7-6-16(2)22-17)28-14-20(27)25-13-12-24(4)21(15-25)9-8-19(26)23(3)11-10-21/h6-7H,5,8-15H2,1-4H3/t21-/m1/s1. The van der Waals surface area contributed by atoms with Gasteiger partial charge in [0.15, 0.2) is 6.61 Å². The number of nitrogens with zero attached hydrogens (tertiary/aromatic N) is 4. The number of carbonyl (C=O) groups excluding carboxylic acids is 2. The summed E-state index contributed by atoms with van der Waals surface area (Å²) in [6.45, 7) is 6.90. The highest BCUT2D eigenvalue weighted by Crippen LogP contribution is 2.32. The fraction of sp³-hybridized carbons (Fsp3) is 0.667. The first-order valence-electron chi connectivity index (χ1n) is 10.2. The number of amides is 2. The first-order valence-corrected chi connectivity index (χ1v) is 10.2. The van der Waals surface area contributed by atoms with Crippen molar-refractivity contribution in [3.63, 3.8) is 0 Å². The Balaban J connectivity index is 1.65. The molecule has 2 saturated heterocycles. The van der Waals surface area contributed by atoms with Crippen molar-refractivity contribution in [3.8, 4) is 5.75 Å². The average molecular weight is 389 g/mol. The lowest BCUT2D eigenvalue weighted by molar-refractivity contribution is -0.139.